The molecule has 1 aromatic rings. The molecule has 1 N–H and O–H groups in total. The number of hydrogen-bond donors (Lipinski definition) is 1. The van der Waals surface area contributed by atoms with Crippen LogP contribution in [0.2, 0.25) is 0 Å². The Hall–Kier alpha value is -0.0300. The SMILES string of the molecule is OC(CCCC1CCCO1)CSc1cccc(Br)c1. The smallest absolute Gasteiger partial charge is 0.0634 e. The highest BCUT2D eigenvalue weighted by molar-refractivity contribution is 9.10. The number of aliphatic hydroxyl groups excluding tert-OH is 1. The maximum atomic E-state index is 9.98. The molecule has 0 saturated carbocycles. The van der Waals surface area contributed by atoms with Crippen molar-refractivity contribution in [3.05, 3.63) is 28.7 Å². The molecule has 1 saturated heterocycles. The molecule has 2 nitrogen and oxygen atoms in total. The second-order valence-corrected chi connectivity index (χ2v) is 7.00. The van der Waals surface area contributed by atoms with Gasteiger partial charge >= 0.3 is 0 Å². The summed E-state index contributed by atoms with van der Waals surface area (Å²) < 4.78 is 6.67. The molecule has 2 rings (SSSR count). The molecule has 0 amide bonds. The summed E-state index contributed by atoms with van der Waals surface area (Å²) in [6.45, 7) is 0.923. The quantitative estimate of drug-likeness (QED) is 0.749. The van der Waals surface area contributed by atoms with E-state index in [2.05, 4.69) is 28.1 Å². The highest BCUT2D eigenvalue weighted by Crippen LogP contribution is 2.24. The molecular formula is C15H21BrO2S. The molecule has 1 fully saturated rings. The van der Waals surface area contributed by atoms with E-state index in [-0.39, 0.29) is 6.10 Å². The minimum atomic E-state index is -0.217. The molecule has 0 bridgehead atoms. The van der Waals surface area contributed by atoms with Gasteiger partial charge in [-0.25, -0.2) is 0 Å². The Morgan fingerprint density at radius 1 is 1.47 bits per heavy atom. The zero-order valence-electron chi connectivity index (χ0n) is 11.1. The van der Waals surface area contributed by atoms with Gasteiger partial charge in [0.1, 0.15) is 0 Å². The standard InChI is InChI=1S/C15H21BrO2S/c16-12-4-1-8-15(10-12)19-11-13(17)5-2-6-14-7-3-9-18-14/h1,4,8,10,13-14,17H,2-3,5-7,9,11H2. The summed E-state index contributed by atoms with van der Waals surface area (Å²) >= 11 is 5.17. The Morgan fingerprint density at radius 2 is 2.37 bits per heavy atom. The highest BCUT2D eigenvalue weighted by Gasteiger charge is 2.15. The Labute approximate surface area is 128 Å². The molecular weight excluding hydrogens is 324 g/mol. The lowest BCUT2D eigenvalue weighted by atomic mass is 10.1. The van der Waals surface area contributed by atoms with Gasteiger partial charge in [-0.2, -0.15) is 0 Å². The van der Waals surface area contributed by atoms with E-state index < -0.39 is 0 Å². The van der Waals surface area contributed by atoms with Crippen LogP contribution in [0, 0.1) is 0 Å². The number of ether oxygens (including phenoxy) is 1. The van der Waals surface area contributed by atoms with Gasteiger partial charge in [0.15, 0.2) is 0 Å². The maximum absolute atomic E-state index is 9.98. The second-order valence-electron chi connectivity index (χ2n) is 4.99. The van der Waals surface area contributed by atoms with Gasteiger partial charge in [0, 0.05) is 21.7 Å². The molecule has 1 heterocycles. The van der Waals surface area contributed by atoms with Crippen molar-refractivity contribution in [2.45, 2.75) is 49.2 Å². The first-order valence-electron chi connectivity index (χ1n) is 6.92. The number of halogens is 1. The molecule has 19 heavy (non-hydrogen) atoms. The predicted octanol–water partition coefficient (Wildman–Crippen LogP) is 4.25. The Balaban J connectivity index is 1.60. The van der Waals surface area contributed by atoms with Crippen molar-refractivity contribution in [3.8, 4) is 0 Å². The lowest BCUT2D eigenvalue weighted by Crippen LogP contribution is -2.12. The van der Waals surface area contributed by atoms with Crippen molar-refractivity contribution in [2.24, 2.45) is 0 Å². The average Bonchev–Trinajstić information content (AvgIpc) is 2.90. The van der Waals surface area contributed by atoms with E-state index in [4.69, 9.17) is 4.74 Å². The third kappa shape index (κ3) is 5.86. The zero-order chi connectivity index (χ0) is 13.5. The molecule has 0 aliphatic carbocycles. The van der Waals surface area contributed by atoms with Gasteiger partial charge in [-0.3, -0.25) is 0 Å². The first-order valence-corrected chi connectivity index (χ1v) is 8.70. The van der Waals surface area contributed by atoms with Crippen LogP contribution in [0.15, 0.2) is 33.6 Å². The average molecular weight is 345 g/mol. The summed E-state index contributed by atoms with van der Waals surface area (Å²) in [5, 5.41) is 9.98. The van der Waals surface area contributed by atoms with Gasteiger partial charge < -0.3 is 9.84 Å². The van der Waals surface area contributed by atoms with Crippen LogP contribution in [0.1, 0.15) is 32.1 Å². The highest BCUT2D eigenvalue weighted by atomic mass is 79.9. The van der Waals surface area contributed by atoms with Crippen molar-refractivity contribution >= 4 is 27.7 Å². The van der Waals surface area contributed by atoms with Crippen LogP contribution < -0.4 is 0 Å². The molecule has 2 atom stereocenters. The van der Waals surface area contributed by atoms with Gasteiger partial charge in [0.2, 0.25) is 0 Å². The monoisotopic (exact) mass is 344 g/mol. The van der Waals surface area contributed by atoms with Crippen LogP contribution in [0.3, 0.4) is 0 Å². The zero-order valence-corrected chi connectivity index (χ0v) is 13.5. The summed E-state index contributed by atoms with van der Waals surface area (Å²) in [6.07, 6.45) is 5.66. The molecule has 1 aromatic carbocycles. The normalized spacial score (nSPS) is 20.6. The van der Waals surface area contributed by atoms with Gasteiger partial charge in [-0.1, -0.05) is 22.0 Å². The van der Waals surface area contributed by atoms with Crippen molar-refractivity contribution in [3.63, 3.8) is 0 Å². The third-order valence-corrected chi connectivity index (χ3v) is 4.96. The summed E-state index contributed by atoms with van der Waals surface area (Å²) in [4.78, 5) is 1.20. The van der Waals surface area contributed by atoms with Crippen LogP contribution >= 0.6 is 27.7 Å². The Bertz CT molecular complexity index is 380. The number of thioether (sulfide) groups is 1. The lowest BCUT2D eigenvalue weighted by Gasteiger charge is -2.12. The fraction of sp³-hybridized carbons (Fsp3) is 0.600. The van der Waals surface area contributed by atoms with Gasteiger partial charge in [0.25, 0.3) is 0 Å². The Morgan fingerprint density at radius 3 is 3.11 bits per heavy atom. The number of aliphatic hydroxyl groups is 1. The van der Waals surface area contributed by atoms with Crippen LogP contribution in [0.4, 0.5) is 0 Å². The van der Waals surface area contributed by atoms with E-state index in [1.165, 1.54) is 17.7 Å². The summed E-state index contributed by atoms with van der Waals surface area (Å²) in [5.74, 6) is 0.766. The second kappa shape index (κ2) is 8.30. The molecule has 0 spiro atoms. The number of hydrogen-bond acceptors (Lipinski definition) is 3. The van der Waals surface area contributed by atoms with Crippen LogP contribution in [-0.4, -0.2) is 29.7 Å². The molecule has 2 unspecified atom stereocenters. The summed E-state index contributed by atoms with van der Waals surface area (Å²) in [6, 6.07) is 8.20. The number of rotatable bonds is 7. The van der Waals surface area contributed by atoms with Crippen LogP contribution in [0.5, 0.6) is 0 Å². The number of benzene rings is 1. The maximum Gasteiger partial charge on any atom is 0.0634 e. The molecule has 106 valence electrons. The van der Waals surface area contributed by atoms with E-state index >= 15 is 0 Å². The van der Waals surface area contributed by atoms with Gasteiger partial charge in [-0.05, 0) is 50.3 Å². The molecule has 0 radical (unpaired) electrons. The van der Waals surface area contributed by atoms with Crippen molar-refractivity contribution < 1.29 is 9.84 Å². The predicted molar refractivity (Wildman–Crippen MR) is 83.7 cm³/mol. The molecule has 1 aliphatic rings. The fourth-order valence-electron chi connectivity index (χ4n) is 2.29. The van der Waals surface area contributed by atoms with Crippen molar-refractivity contribution in [2.75, 3.05) is 12.4 Å². The minimum Gasteiger partial charge on any atom is -0.392 e. The molecule has 1 aliphatic heterocycles. The topological polar surface area (TPSA) is 29.5 Å². The summed E-state index contributed by atoms with van der Waals surface area (Å²) in [7, 11) is 0. The summed E-state index contributed by atoms with van der Waals surface area (Å²) in [5.41, 5.74) is 0. The van der Waals surface area contributed by atoms with E-state index in [1.54, 1.807) is 11.8 Å². The molecule has 0 aromatic heterocycles. The van der Waals surface area contributed by atoms with E-state index in [0.717, 1.165) is 36.1 Å². The first-order chi connectivity index (χ1) is 9.24. The third-order valence-electron chi connectivity index (χ3n) is 3.33. The fourth-order valence-corrected chi connectivity index (χ4v) is 3.77. The minimum absolute atomic E-state index is 0.217. The van der Waals surface area contributed by atoms with E-state index in [9.17, 15) is 5.11 Å². The lowest BCUT2D eigenvalue weighted by molar-refractivity contribution is 0.0966. The van der Waals surface area contributed by atoms with E-state index in [0.29, 0.717) is 6.10 Å². The first kappa shape index (κ1) is 15.4. The molecule has 4 heteroatoms. The van der Waals surface area contributed by atoms with Crippen molar-refractivity contribution in [1.82, 2.24) is 0 Å². The van der Waals surface area contributed by atoms with E-state index in [1.807, 2.05) is 12.1 Å². The van der Waals surface area contributed by atoms with Gasteiger partial charge in [-0.15, -0.1) is 11.8 Å². The van der Waals surface area contributed by atoms with Crippen molar-refractivity contribution in [1.29, 1.82) is 0 Å². The van der Waals surface area contributed by atoms with Crippen LogP contribution in [0.25, 0.3) is 0 Å². The largest absolute Gasteiger partial charge is 0.392 e. The Kier molecular flexibility index (Phi) is 6.71. The van der Waals surface area contributed by atoms with Crippen LogP contribution in [-0.2, 0) is 4.74 Å². The van der Waals surface area contributed by atoms with Gasteiger partial charge in [0.05, 0.1) is 12.2 Å².